The predicted molar refractivity (Wildman–Crippen MR) is 111 cm³/mol. The molecular weight excluding hydrogens is 392 g/mol. The van der Waals surface area contributed by atoms with E-state index in [4.69, 9.17) is 0 Å². The first-order chi connectivity index (χ1) is 13.9. The maximum atomic E-state index is 12.2. The van der Waals surface area contributed by atoms with Crippen molar-refractivity contribution in [3.8, 4) is 11.1 Å². The van der Waals surface area contributed by atoms with Crippen molar-refractivity contribution in [1.29, 1.82) is 0 Å². The van der Waals surface area contributed by atoms with Gasteiger partial charge in [-0.2, -0.15) is 0 Å². The van der Waals surface area contributed by atoms with Gasteiger partial charge in [-0.15, -0.1) is 11.3 Å². The number of carboxylic acids is 1. The van der Waals surface area contributed by atoms with Crippen LogP contribution in [0.1, 0.15) is 27.2 Å². The summed E-state index contributed by atoms with van der Waals surface area (Å²) in [5.41, 5.74) is 2.65. The van der Waals surface area contributed by atoms with Crippen LogP contribution in [-0.4, -0.2) is 21.9 Å². The van der Waals surface area contributed by atoms with Crippen LogP contribution in [-0.2, 0) is 11.2 Å². The van der Waals surface area contributed by atoms with Crippen molar-refractivity contribution < 1.29 is 19.6 Å². The average Bonchev–Trinajstić information content (AvgIpc) is 3.07. The van der Waals surface area contributed by atoms with Gasteiger partial charge in [0.15, 0.2) is 0 Å². The SMILES string of the molecule is Cc1scc(NC(=O)CCc2ccc(-c3ccccc3[N+](=O)[O-])cc2)c1C(=O)O. The van der Waals surface area contributed by atoms with E-state index in [1.807, 2.05) is 12.1 Å². The molecule has 0 aliphatic heterocycles. The van der Waals surface area contributed by atoms with Gasteiger partial charge in [0.1, 0.15) is 0 Å². The number of nitrogens with zero attached hydrogens (tertiary/aromatic N) is 1. The van der Waals surface area contributed by atoms with Crippen LogP contribution in [0.3, 0.4) is 0 Å². The zero-order chi connectivity index (χ0) is 21.0. The zero-order valence-corrected chi connectivity index (χ0v) is 16.4. The number of carbonyl (C=O) groups excluding carboxylic acids is 1. The highest BCUT2D eigenvalue weighted by molar-refractivity contribution is 7.10. The van der Waals surface area contributed by atoms with Gasteiger partial charge in [-0.1, -0.05) is 36.4 Å². The molecule has 148 valence electrons. The van der Waals surface area contributed by atoms with E-state index in [0.717, 1.165) is 11.1 Å². The first-order valence-corrected chi connectivity index (χ1v) is 9.68. The van der Waals surface area contributed by atoms with Gasteiger partial charge < -0.3 is 10.4 Å². The van der Waals surface area contributed by atoms with E-state index in [-0.39, 0.29) is 23.6 Å². The number of carboxylic acid groups (broad SMARTS) is 1. The Morgan fingerprint density at radius 2 is 1.83 bits per heavy atom. The molecule has 0 unspecified atom stereocenters. The molecule has 7 nitrogen and oxygen atoms in total. The second kappa shape index (κ2) is 8.66. The molecule has 0 saturated carbocycles. The number of anilines is 1. The van der Waals surface area contributed by atoms with Crippen molar-refractivity contribution in [3.05, 3.63) is 80.0 Å². The number of benzene rings is 2. The molecule has 0 spiro atoms. The van der Waals surface area contributed by atoms with Gasteiger partial charge >= 0.3 is 5.97 Å². The third kappa shape index (κ3) is 4.67. The molecule has 1 heterocycles. The summed E-state index contributed by atoms with van der Waals surface area (Å²) in [7, 11) is 0. The van der Waals surface area contributed by atoms with Crippen molar-refractivity contribution in [2.24, 2.45) is 0 Å². The van der Waals surface area contributed by atoms with Gasteiger partial charge in [0.05, 0.1) is 21.7 Å². The Hall–Kier alpha value is -3.52. The summed E-state index contributed by atoms with van der Waals surface area (Å²) >= 11 is 1.27. The number of aryl methyl sites for hydroxylation is 2. The molecule has 0 atom stereocenters. The molecule has 0 fully saturated rings. The Labute approximate surface area is 170 Å². The van der Waals surface area contributed by atoms with E-state index < -0.39 is 10.9 Å². The minimum Gasteiger partial charge on any atom is -0.478 e. The minimum absolute atomic E-state index is 0.0416. The number of nitro benzene ring substituents is 1. The maximum Gasteiger partial charge on any atom is 0.338 e. The Bertz CT molecular complexity index is 1070. The molecule has 29 heavy (non-hydrogen) atoms. The van der Waals surface area contributed by atoms with Gasteiger partial charge in [-0.05, 0) is 30.5 Å². The summed E-state index contributed by atoms with van der Waals surface area (Å²) in [5.74, 6) is -1.34. The van der Waals surface area contributed by atoms with Gasteiger partial charge in [-0.25, -0.2) is 4.79 Å². The number of nitro groups is 1. The van der Waals surface area contributed by atoms with E-state index in [0.29, 0.717) is 22.5 Å². The predicted octanol–water partition coefficient (Wildman–Crippen LogP) is 4.90. The van der Waals surface area contributed by atoms with Crippen LogP contribution in [0.15, 0.2) is 53.9 Å². The summed E-state index contributed by atoms with van der Waals surface area (Å²) in [5, 5.41) is 24.7. The van der Waals surface area contributed by atoms with Crippen LogP contribution in [0.4, 0.5) is 11.4 Å². The second-order valence-electron chi connectivity index (χ2n) is 6.41. The van der Waals surface area contributed by atoms with E-state index in [1.54, 1.807) is 42.6 Å². The van der Waals surface area contributed by atoms with Gasteiger partial charge in [-0.3, -0.25) is 14.9 Å². The average molecular weight is 410 g/mol. The highest BCUT2D eigenvalue weighted by atomic mass is 32.1. The normalized spacial score (nSPS) is 10.5. The molecule has 0 aliphatic carbocycles. The first kappa shape index (κ1) is 20.2. The van der Waals surface area contributed by atoms with Crippen LogP contribution >= 0.6 is 11.3 Å². The van der Waals surface area contributed by atoms with Crippen LogP contribution in [0, 0.1) is 17.0 Å². The molecule has 0 radical (unpaired) electrons. The number of amides is 1. The van der Waals surface area contributed by atoms with Crippen molar-refractivity contribution in [3.63, 3.8) is 0 Å². The van der Waals surface area contributed by atoms with Gasteiger partial charge in [0.25, 0.3) is 5.69 Å². The van der Waals surface area contributed by atoms with Crippen molar-refractivity contribution in [1.82, 2.24) is 0 Å². The topological polar surface area (TPSA) is 110 Å². The molecule has 2 aromatic carbocycles. The Morgan fingerprint density at radius 1 is 1.14 bits per heavy atom. The molecule has 3 aromatic rings. The van der Waals surface area contributed by atoms with Crippen LogP contribution < -0.4 is 5.32 Å². The lowest BCUT2D eigenvalue weighted by Crippen LogP contribution is -2.14. The zero-order valence-electron chi connectivity index (χ0n) is 15.5. The molecule has 3 rings (SSSR count). The largest absolute Gasteiger partial charge is 0.478 e. The number of nitrogens with one attached hydrogen (secondary N) is 1. The Balaban J connectivity index is 1.65. The quantitative estimate of drug-likeness (QED) is 0.425. The third-order valence-electron chi connectivity index (χ3n) is 4.47. The summed E-state index contributed by atoms with van der Waals surface area (Å²) < 4.78 is 0. The van der Waals surface area contributed by atoms with Gasteiger partial charge in [0, 0.05) is 22.7 Å². The van der Waals surface area contributed by atoms with Crippen molar-refractivity contribution >= 4 is 34.6 Å². The fourth-order valence-corrected chi connectivity index (χ4v) is 3.80. The lowest BCUT2D eigenvalue weighted by molar-refractivity contribution is -0.384. The summed E-state index contributed by atoms with van der Waals surface area (Å²) in [6.07, 6.45) is 0.660. The number of para-hydroxylation sites is 1. The monoisotopic (exact) mass is 410 g/mol. The number of rotatable bonds is 7. The van der Waals surface area contributed by atoms with Gasteiger partial charge in [0.2, 0.25) is 5.91 Å². The standard InChI is InChI=1S/C21H18N2O5S/c1-13-20(21(25)26)17(12-29-13)22-19(24)11-8-14-6-9-15(10-7-14)16-4-2-3-5-18(16)23(27)28/h2-7,9-10,12H,8,11H2,1H3,(H,22,24)(H,25,26). The fourth-order valence-electron chi connectivity index (χ4n) is 3.01. The first-order valence-electron chi connectivity index (χ1n) is 8.80. The van der Waals surface area contributed by atoms with E-state index >= 15 is 0 Å². The highest BCUT2D eigenvalue weighted by Gasteiger charge is 2.17. The molecular formula is C21H18N2O5S. The smallest absolute Gasteiger partial charge is 0.338 e. The molecule has 1 amide bonds. The summed E-state index contributed by atoms with van der Waals surface area (Å²) in [6.45, 7) is 1.70. The van der Waals surface area contributed by atoms with Crippen LogP contribution in [0.25, 0.3) is 11.1 Å². The highest BCUT2D eigenvalue weighted by Crippen LogP contribution is 2.30. The van der Waals surface area contributed by atoms with E-state index in [2.05, 4.69) is 5.32 Å². The third-order valence-corrected chi connectivity index (χ3v) is 5.38. The molecule has 0 saturated heterocycles. The molecule has 0 aliphatic rings. The molecule has 8 heteroatoms. The number of carbonyl (C=O) groups is 2. The number of hydrogen-bond donors (Lipinski definition) is 2. The molecule has 2 N–H and O–H groups in total. The van der Waals surface area contributed by atoms with Crippen LogP contribution in [0.2, 0.25) is 0 Å². The minimum atomic E-state index is -1.07. The Morgan fingerprint density at radius 3 is 2.48 bits per heavy atom. The van der Waals surface area contributed by atoms with Crippen molar-refractivity contribution in [2.75, 3.05) is 5.32 Å². The van der Waals surface area contributed by atoms with E-state index in [9.17, 15) is 24.8 Å². The lowest BCUT2D eigenvalue weighted by Gasteiger charge is -2.07. The number of thiophene rings is 1. The summed E-state index contributed by atoms with van der Waals surface area (Å²) in [4.78, 5) is 34.9. The lowest BCUT2D eigenvalue weighted by atomic mass is 10.0. The maximum absolute atomic E-state index is 12.2. The molecule has 1 aromatic heterocycles. The van der Waals surface area contributed by atoms with E-state index in [1.165, 1.54) is 17.4 Å². The number of aromatic carboxylic acids is 1. The Kier molecular flexibility index (Phi) is 6.04. The number of hydrogen-bond acceptors (Lipinski definition) is 5. The molecule has 0 bridgehead atoms. The van der Waals surface area contributed by atoms with Crippen molar-refractivity contribution in [2.45, 2.75) is 19.8 Å². The fraction of sp³-hybridized carbons (Fsp3) is 0.143. The summed E-state index contributed by atoms with van der Waals surface area (Å²) in [6, 6.07) is 13.8. The second-order valence-corrected chi connectivity index (χ2v) is 7.49. The van der Waals surface area contributed by atoms with Crippen LogP contribution in [0.5, 0.6) is 0 Å².